The lowest BCUT2D eigenvalue weighted by molar-refractivity contribution is -0.136. The minimum atomic E-state index is -0.919. The largest absolute Gasteiger partial charge is 0.481 e. The van der Waals surface area contributed by atoms with E-state index in [1.807, 2.05) is 0 Å². The van der Waals surface area contributed by atoms with Gasteiger partial charge in [-0.2, -0.15) is 0 Å². The van der Waals surface area contributed by atoms with Gasteiger partial charge >= 0.3 is 12.0 Å². The number of urea groups is 1. The molecule has 0 spiro atoms. The number of benzene rings is 1. The number of carbonyl (C=O) groups is 2. The van der Waals surface area contributed by atoms with Gasteiger partial charge in [0.25, 0.3) is 0 Å². The number of pyridine rings is 1. The van der Waals surface area contributed by atoms with Crippen molar-refractivity contribution in [3.05, 3.63) is 48.2 Å². The van der Waals surface area contributed by atoms with Crippen LogP contribution in [0, 0.1) is 0 Å². The highest BCUT2D eigenvalue weighted by atomic mass is 16.5. The lowest BCUT2D eigenvalue weighted by Crippen LogP contribution is -2.37. The van der Waals surface area contributed by atoms with Gasteiger partial charge in [-0.05, 0) is 29.8 Å². The highest BCUT2D eigenvalue weighted by molar-refractivity contribution is 6.01. The van der Waals surface area contributed by atoms with E-state index in [-0.39, 0.29) is 6.42 Å². The second kappa shape index (κ2) is 8.30. The van der Waals surface area contributed by atoms with Crippen molar-refractivity contribution in [1.29, 1.82) is 0 Å². The van der Waals surface area contributed by atoms with Crippen LogP contribution in [-0.4, -0.2) is 48.4 Å². The SMILES string of the molecule is O=C(O)Cc1cccc(NC(=O)Nc2cccnc2N2CCOCC2)c1. The van der Waals surface area contributed by atoms with Crippen molar-refractivity contribution in [2.75, 3.05) is 41.8 Å². The number of ether oxygens (including phenoxy) is 1. The van der Waals surface area contributed by atoms with Gasteiger partial charge in [-0.1, -0.05) is 12.1 Å². The third kappa shape index (κ3) is 4.70. The van der Waals surface area contributed by atoms with Gasteiger partial charge in [0.2, 0.25) is 0 Å². The van der Waals surface area contributed by atoms with Crippen LogP contribution >= 0.6 is 0 Å². The summed E-state index contributed by atoms with van der Waals surface area (Å²) in [6.45, 7) is 2.67. The maximum Gasteiger partial charge on any atom is 0.323 e. The Morgan fingerprint density at radius 1 is 1.15 bits per heavy atom. The van der Waals surface area contributed by atoms with Crippen molar-refractivity contribution in [2.24, 2.45) is 0 Å². The topological polar surface area (TPSA) is 104 Å². The molecule has 0 aliphatic carbocycles. The molecule has 136 valence electrons. The summed E-state index contributed by atoms with van der Waals surface area (Å²) in [6, 6.07) is 9.88. The molecule has 8 heteroatoms. The Morgan fingerprint density at radius 2 is 1.96 bits per heavy atom. The predicted molar refractivity (Wildman–Crippen MR) is 97.7 cm³/mol. The lowest BCUT2D eigenvalue weighted by atomic mass is 10.1. The van der Waals surface area contributed by atoms with Gasteiger partial charge in [0, 0.05) is 25.0 Å². The van der Waals surface area contributed by atoms with Gasteiger partial charge in [-0.15, -0.1) is 0 Å². The van der Waals surface area contributed by atoms with E-state index in [4.69, 9.17) is 9.84 Å². The first kappa shape index (κ1) is 17.7. The van der Waals surface area contributed by atoms with E-state index < -0.39 is 12.0 Å². The number of amides is 2. The molecule has 0 unspecified atom stereocenters. The molecule has 0 bridgehead atoms. The van der Waals surface area contributed by atoms with Gasteiger partial charge in [0.05, 0.1) is 25.3 Å². The second-order valence-electron chi connectivity index (χ2n) is 5.82. The van der Waals surface area contributed by atoms with Crippen LogP contribution in [-0.2, 0) is 16.0 Å². The van der Waals surface area contributed by atoms with Crippen molar-refractivity contribution >= 4 is 29.2 Å². The van der Waals surface area contributed by atoms with Crippen LogP contribution in [0.15, 0.2) is 42.6 Å². The Bertz CT molecular complexity index is 790. The van der Waals surface area contributed by atoms with E-state index in [0.717, 1.165) is 0 Å². The van der Waals surface area contributed by atoms with E-state index in [1.54, 1.807) is 42.6 Å². The van der Waals surface area contributed by atoms with Crippen LogP contribution in [0.2, 0.25) is 0 Å². The zero-order valence-electron chi connectivity index (χ0n) is 14.1. The number of carboxylic acid groups (broad SMARTS) is 1. The summed E-state index contributed by atoms with van der Waals surface area (Å²) in [5.41, 5.74) is 1.75. The summed E-state index contributed by atoms with van der Waals surface area (Å²) in [5, 5.41) is 14.4. The first-order chi connectivity index (χ1) is 12.6. The Morgan fingerprint density at radius 3 is 2.73 bits per heavy atom. The van der Waals surface area contributed by atoms with E-state index in [1.165, 1.54) is 0 Å². The van der Waals surface area contributed by atoms with E-state index in [9.17, 15) is 9.59 Å². The molecule has 1 aliphatic rings. The van der Waals surface area contributed by atoms with Crippen molar-refractivity contribution in [1.82, 2.24) is 4.98 Å². The van der Waals surface area contributed by atoms with Crippen molar-refractivity contribution in [3.63, 3.8) is 0 Å². The van der Waals surface area contributed by atoms with Gasteiger partial charge in [0.1, 0.15) is 0 Å². The van der Waals surface area contributed by atoms with Crippen molar-refractivity contribution in [2.45, 2.75) is 6.42 Å². The number of rotatable bonds is 5. The zero-order valence-corrected chi connectivity index (χ0v) is 14.1. The Balaban J connectivity index is 1.68. The molecule has 1 saturated heterocycles. The summed E-state index contributed by atoms with van der Waals surface area (Å²) in [7, 11) is 0. The number of anilines is 3. The minimum Gasteiger partial charge on any atom is -0.481 e. The van der Waals surface area contributed by atoms with Crippen molar-refractivity contribution < 1.29 is 19.4 Å². The summed E-state index contributed by atoms with van der Waals surface area (Å²) >= 11 is 0. The number of nitrogens with zero attached hydrogens (tertiary/aromatic N) is 2. The fraction of sp³-hybridized carbons (Fsp3) is 0.278. The van der Waals surface area contributed by atoms with Gasteiger partial charge in [-0.3, -0.25) is 4.79 Å². The zero-order chi connectivity index (χ0) is 18.4. The smallest absolute Gasteiger partial charge is 0.323 e. The monoisotopic (exact) mass is 356 g/mol. The number of carbonyl (C=O) groups excluding carboxylic acids is 1. The third-order valence-electron chi connectivity index (χ3n) is 3.89. The van der Waals surface area contributed by atoms with Crippen LogP contribution in [0.25, 0.3) is 0 Å². The van der Waals surface area contributed by atoms with E-state index >= 15 is 0 Å². The molecule has 1 aromatic heterocycles. The summed E-state index contributed by atoms with van der Waals surface area (Å²) in [4.78, 5) is 29.6. The first-order valence-electron chi connectivity index (χ1n) is 8.28. The molecule has 0 saturated carbocycles. The number of hydrogen-bond acceptors (Lipinski definition) is 5. The highest BCUT2D eigenvalue weighted by Crippen LogP contribution is 2.23. The molecule has 2 amide bonds. The number of nitrogens with one attached hydrogen (secondary N) is 2. The Hall–Kier alpha value is -3.13. The second-order valence-corrected chi connectivity index (χ2v) is 5.82. The third-order valence-corrected chi connectivity index (χ3v) is 3.89. The molecule has 0 radical (unpaired) electrons. The molecule has 26 heavy (non-hydrogen) atoms. The average molecular weight is 356 g/mol. The fourth-order valence-corrected chi connectivity index (χ4v) is 2.74. The number of carboxylic acids is 1. The summed E-state index contributed by atoms with van der Waals surface area (Å²) < 4.78 is 5.35. The molecule has 2 aromatic rings. The van der Waals surface area contributed by atoms with Gasteiger partial charge < -0.3 is 25.4 Å². The predicted octanol–water partition coefficient (Wildman–Crippen LogP) is 2.19. The molecule has 3 rings (SSSR count). The Labute approximate surface area is 150 Å². The van der Waals surface area contributed by atoms with Crippen LogP contribution in [0.3, 0.4) is 0 Å². The Kier molecular flexibility index (Phi) is 5.65. The minimum absolute atomic E-state index is 0.0963. The molecule has 1 aromatic carbocycles. The number of hydrogen-bond donors (Lipinski definition) is 3. The van der Waals surface area contributed by atoms with Crippen LogP contribution in [0.5, 0.6) is 0 Å². The molecule has 2 heterocycles. The molecule has 1 aliphatic heterocycles. The normalized spacial score (nSPS) is 13.9. The first-order valence-corrected chi connectivity index (χ1v) is 8.28. The van der Waals surface area contributed by atoms with Crippen LogP contribution in [0.1, 0.15) is 5.56 Å². The number of aromatic nitrogens is 1. The summed E-state index contributed by atoms with van der Waals surface area (Å²) in [6.07, 6.45) is 1.59. The van der Waals surface area contributed by atoms with E-state index in [0.29, 0.717) is 49.1 Å². The maximum absolute atomic E-state index is 12.3. The standard InChI is InChI=1S/C18H20N4O4/c23-16(24)12-13-3-1-4-14(11-13)20-18(25)21-15-5-2-6-19-17(15)22-7-9-26-10-8-22/h1-6,11H,7-10,12H2,(H,23,24)(H2,20,21,25). The van der Waals surface area contributed by atoms with Gasteiger partial charge in [0.15, 0.2) is 5.82 Å². The molecular formula is C18H20N4O4. The maximum atomic E-state index is 12.3. The number of morpholine rings is 1. The molecule has 1 fully saturated rings. The molecule has 0 atom stereocenters. The van der Waals surface area contributed by atoms with Crippen LogP contribution < -0.4 is 15.5 Å². The van der Waals surface area contributed by atoms with Gasteiger partial charge in [-0.25, -0.2) is 9.78 Å². The fourth-order valence-electron chi connectivity index (χ4n) is 2.74. The van der Waals surface area contributed by atoms with Crippen molar-refractivity contribution in [3.8, 4) is 0 Å². The number of aliphatic carboxylic acids is 1. The van der Waals surface area contributed by atoms with Crippen LogP contribution in [0.4, 0.5) is 22.0 Å². The molecule has 8 nitrogen and oxygen atoms in total. The highest BCUT2D eigenvalue weighted by Gasteiger charge is 2.17. The van der Waals surface area contributed by atoms with E-state index in [2.05, 4.69) is 20.5 Å². The lowest BCUT2D eigenvalue weighted by Gasteiger charge is -2.29. The average Bonchev–Trinajstić information content (AvgIpc) is 2.62. The molecular weight excluding hydrogens is 336 g/mol. The summed E-state index contributed by atoms with van der Waals surface area (Å²) in [5.74, 6) is -0.220. The molecule has 3 N–H and O–H groups in total. The quantitative estimate of drug-likeness (QED) is 0.759.